The van der Waals surface area contributed by atoms with Gasteiger partial charge in [0.2, 0.25) is 0 Å². The second kappa shape index (κ2) is 8.13. The molecular formula is C16H28N2OS. The van der Waals surface area contributed by atoms with Gasteiger partial charge in [0.15, 0.2) is 0 Å². The van der Waals surface area contributed by atoms with E-state index >= 15 is 0 Å². The first kappa shape index (κ1) is 16.0. The fourth-order valence-corrected chi connectivity index (χ4v) is 3.61. The zero-order valence-corrected chi connectivity index (χ0v) is 13.6. The van der Waals surface area contributed by atoms with Gasteiger partial charge in [0.05, 0.1) is 0 Å². The zero-order chi connectivity index (χ0) is 14.4. The van der Waals surface area contributed by atoms with Crippen molar-refractivity contribution in [1.29, 1.82) is 0 Å². The van der Waals surface area contributed by atoms with E-state index in [9.17, 15) is 5.11 Å². The van der Waals surface area contributed by atoms with Crippen molar-refractivity contribution in [2.75, 3.05) is 32.8 Å². The van der Waals surface area contributed by atoms with E-state index in [2.05, 4.69) is 41.2 Å². The van der Waals surface area contributed by atoms with Gasteiger partial charge in [-0.2, -0.15) is 0 Å². The summed E-state index contributed by atoms with van der Waals surface area (Å²) in [5.41, 5.74) is 0. The molecule has 0 bridgehead atoms. The number of nitrogens with zero attached hydrogens (tertiary/aromatic N) is 2. The van der Waals surface area contributed by atoms with E-state index in [0.29, 0.717) is 12.6 Å². The Kier molecular flexibility index (Phi) is 6.49. The minimum Gasteiger partial charge on any atom is -0.396 e. The highest BCUT2D eigenvalue weighted by Gasteiger charge is 2.26. The summed E-state index contributed by atoms with van der Waals surface area (Å²) in [4.78, 5) is 6.57. The smallest absolute Gasteiger partial charge is 0.0446 e. The van der Waals surface area contributed by atoms with Gasteiger partial charge >= 0.3 is 0 Å². The maximum atomic E-state index is 9.31. The molecular weight excluding hydrogens is 268 g/mol. The molecule has 2 heterocycles. The third-order valence-electron chi connectivity index (χ3n) is 4.10. The molecule has 1 aromatic rings. The Morgan fingerprint density at radius 2 is 2.25 bits per heavy atom. The third kappa shape index (κ3) is 4.85. The number of aliphatic hydroxyl groups excluding tert-OH is 1. The summed E-state index contributed by atoms with van der Waals surface area (Å²) >= 11 is 1.84. The molecule has 0 unspecified atom stereocenters. The van der Waals surface area contributed by atoms with Gasteiger partial charge in [-0.15, -0.1) is 11.3 Å². The van der Waals surface area contributed by atoms with Crippen LogP contribution in [0.15, 0.2) is 17.5 Å². The molecule has 0 spiro atoms. The maximum absolute atomic E-state index is 9.31. The average Bonchev–Trinajstić information content (AvgIpc) is 2.91. The molecule has 2 rings (SSSR count). The van der Waals surface area contributed by atoms with Gasteiger partial charge in [0.1, 0.15) is 0 Å². The lowest BCUT2D eigenvalue weighted by atomic mass is 10.1. The van der Waals surface area contributed by atoms with Crippen molar-refractivity contribution in [2.24, 2.45) is 5.92 Å². The number of rotatable bonds is 7. The zero-order valence-electron chi connectivity index (χ0n) is 12.8. The van der Waals surface area contributed by atoms with E-state index in [-0.39, 0.29) is 0 Å². The average molecular weight is 296 g/mol. The molecule has 0 radical (unpaired) electrons. The third-order valence-corrected chi connectivity index (χ3v) is 4.97. The van der Waals surface area contributed by atoms with Crippen molar-refractivity contribution in [2.45, 2.75) is 39.3 Å². The molecule has 1 aliphatic rings. The van der Waals surface area contributed by atoms with Gasteiger partial charge in [-0.25, -0.2) is 0 Å². The van der Waals surface area contributed by atoms with E-state index in [0.717, 1.165) is 38.5 Å². The van der Waals surface area contributed by atoms with Crippen LogP contribution in [0.1, 0.15) is 31.6 Å². The van der Waals surface area contributed by atoms with Crippen LogP contribution in [0.2, 0.25) is 0 Å². The summed E-state index contributed by atoms with van der Waals surface area (Å²) in [5.74, 6) is 0.758. The second-order valence-corrected chi connectivity index (χ2v) is 7.23. The van der Waals surface area contributed by atoms with Crippen LogP contribution < -0.4 is 0 Å². The quantitative estimate of drug-likeness (QED) is 0.838. The van der Waals surface area contributed by atoms with Crippen LogP contribution in [0.5, 0.6) is 0 Å². The lowest BCUT2D eigenvalue weighted by Crippen LogP contribution is -2.53. The monoisotopic (exact) mass is 296 g/mol. The first-order valence-electron chi connectivity index (χ1n) is 7.78. The largest absolute Gasteiger partial charge is 0.396 e. The Bertz CT molecular complexity index is 367. The van der Waals surface area contributed by atoms with Crippen molar-refractivity contribution in [3.63, 3.8) is 0 Å². The topological polar surface area (TPSA) is 26.7 Å². The van der Waals surface area contributed by atoms with Crippen LogP contribution in [-0.2, 0) is 6.54 Å². The highest BCUT2D eigenvalue weighted by Crippen LogP contribution is 2.18. The van der Waals surface area contributed by atoms with Gasteiger partial charge in [0.25, 0.3) is 0 Å². The van der Waals surface area contributed by atoms with E-state index in [1.165, 1.54) is 17.8 Å². The maximum Gasteiger partial charge on any atom is 0.0446 e. The van der Waals surface area contributed by atoms with Crippen LogP contribution in [0.3, 0.4) is 0 Å². The molecule has 1 atom stereocenters. The van der Waals surface area contributed by atoms with Crippen molar-refractivity contribution < 1.29 is 5.11 Å². The van der Waals surface area contributed by atoms with Gasteiger partial charge in [-0.1, -0.05) is 19.9 Å². The van der Waals surface area contributed by atoms with Crippen LogP contribution in [-0.4, -0.2) is 53.7 Å². The number of piperazine rings is 1. The molecule has 4 heteroatoms. The van der Waals surface area contributed by atoms with E-state index in [1.54, 1.807) is 0 Å². The Morgan fingerprint density at radius 1 is 1.40 bits per heavy atom. The SMILES string of the molecule is CC(C)CCN1CCN(Cc2cccs2)C[C@H]1CCO. The van der Waals surface area contributed by atoms with Crippen molar-refractivity contribution in [3.8, 4) is 0 Å². The molecule has 1 N–H and O–H groups in total. The lowest BCUT2D eigenvalue weighted by Gasteiger charge is -2.41. The van der Waals surface area contributed by atoms with Gasteiger partial charge in [0, 0.05) is 43.7 Å². The van der Waals surface area contributed by atoms with E-state index in [1.807, 2.05) is 11.3 Å². The molecule has 0 aromatic carbocycles. The molecule has 3 nitrogen and oxygen atoms in total. The Balaban J connectivity index is 1.86. The molecule has 114 valence electrons. The minimum absolute atomic E-state index is 0.301. The predicted molar refractivity (Wildman–Crippen MR) is 86.1 cm³/mol. The lowest BCUT2D eigenvalue weighted by molar-refractivity contribution is 0.0529. The molecule has 0 amide bonds. The fraction of sp³-hybridized carbons (Fsp3) is 0.750. The summed E-state index contributed by atoms with van der Waals surface area (Å²) < 4.78 is 0. The molecule has 1 aromatic heterocycles. The van der Waals surface area contributed by atoms with Crippen LogP contribution in [0.4, 0.5) is 0 Å². The normalized spacial score (nSPS) is 21.7. The Morgan fingerprint density at radius 3 is 2.90 bits per heavy atom. The first-order chi connectivity index (χ1) is 9.69. The minimum atomic E-state index is 0.301. The number of hydrogen-bond donors (Lipinski definition) is 1. The number of thiophene rings is 1. The van der Waals surface area contributed by atoms with Crippen molar-refractivity contribution >= 4 is 11.3 Å². The molecule has 0 saturated carbocycles. The summed E-state index contributed by atoms with van der Waals surface area (Å²) in [6.45, 7) is 10.5. The van der Waals surface area contributed by atoms with Crippen molar-refractivity contribution in [3.05, 3.63) is 22.4 Å². The highest BCUT2D eigenvalue weighted by molar-refractivity contribution is 7.09. The molecule has 1 aliphatic heterocycles. The van der Waals surface area contributed by atoms with E-state index < -0.39 is 0 Å². The number of hydrogen-bond acceptors (Lipinski definition) is 4. The summed E-state index contributed by atoms with van der Waals surface area (Å²) in [7, 11) is 0. The number of aliphatic hydroxyl groups is 1. The predicted octanol–water partition coefficient (Wildman–Crippen LogP) is 2.66. The molecule has 20 heavy (non-hydrogen) atoms. The Hall–Kier alpha value is -0.420. The van der Waals surface area contributed by atoms with Gasteiger partial charge in [-0.05, 0) is 36.8 Å². The summed E-state index contributed by atoms with van der Waals surface area (Å²) in [6, 6.07) is 4.87. The van der Waals surface area contributed by atoms with Gasteiger partial charge < -0.3 is 5.11 Å². The Labute approximate surface area is 127 Å². The van der Waals surface area contributed by atoms with Crippen LogP contribution in [0.25, 0.3) is 0 Å². The first-order valence-corrected chi connectivity index (χ1v) is 8.66. The second-order valence-electron chi connectivity index (χ2n) is 6.20. The van der Waals surface area contributed by atoms with Crippen LogP contribution in [0, 0.1) is 5.92 Å². The van der Waals surface area contributed by atoms with Gasteiger partial charge in [-0.3, -0.25) is 9.80 Å². The highest BCUT2D eigenvalue weighted by atomic mass is 32.1. The molecule has 1 saturated heterocycles. The van der Waals surface area contributed by atoms with Crippen molar-refractivity contribution in [1.82, 2.24) is 9.80 Å². The van der Waals surface area contributed by atoms with Crippen LogP contribution >= 0.6 is 11.3 Å². The molecule has 0 aliphatic carbocycles. The molecule has 1 fully saturated rings. The summed E-state index contributed by atoms with van der Waals surface area (Å²) in [5, 5.41) is 11.5. The standard InChI is InChI=1S/C16H28N2OS/c1-14(2)5-7-18-9-8-17(12-15(18)6-10-19)13-16-4-3-11-20-16/h3-4,11,14-15,19H,5-10,12-13H2,1-2H3/t15-/m1/s1. The summed E-state index contributed by atoms with van der Waals surface area (Å²) in [6.07, 6.45) is 2.16. The van der Waals surface area contributed by atoms with E-state index in [4.69, 9.17) is 0 Å². The fourth-order valence-electron chi connectivity index (χ4n) is 2.87.